The number of hydrogen-bond donors (Lipinski definition) is 0. The highest BCUT2D eigenvalue weighted by Gasteiger charge is 2.12. The predicted octanol–water partition coefficient (Wildman–Crippen LogP) is 3.34. The van der Waals surface area contributed by atoms with Crippen molar-refractivity contribution < 1.29 is 0 Å². The molecule has 0 fully saturated rings. The van der Waals surface area contributed by atoms with Crippen LogP contribution in [-0.4, -0.2) is 7.50 Å². The van der Waals surface area contributed by atoms with Gasteiger partial charge in [0.25, 0.3) is 0 Å². The summed E-state index contributed by atoms with van der Waals surface area (Å²) in [5.41, 5.74) is 3.60. The summed E-state index contributed by atoms with van der Waals surface area (Å²) in [6.07, 6.45) is 4.14. The summed E-state index contributed by atoms with van der Waals surface area (Å²) >= 11 is 3.90. The van der Waals surface area contributed by atoms with E-state index in [4.69, 9.17) is 0 Å². The van der Waals surface area contributed by atoms with Gasteiger partial charge in [0.1, 0.15) is 5.03 Å². The third-order valence-corrected chi connectivity index (χ3v) is 3.71. The molecular formula is C9H9IN2S. The molecule has 2 rings (SSSR count). The largest absolute Gasteiger partial charge is 0.258 e. The molecular weight excluding hydrogens is 295 g/mol. The molecule has 1 aromatic heterocycles. The van der Waals surface area contributed by atoms with Gasteiger partial charge in [0, 0.05) is 29.4 Å². The molecule has 1 aromatic rings. The monoisotopic (exact) mass is 304 g/mol. The fraction of sp³-hybridized carbons (Fsp3) is 0.222. The number of aryl methyl sites for hydroxylation is 2. The fourth-order valence-corrected chi connectivity index (χ4v) is 2.57. The molecule has 0 unspecified atom stereocenters. The molecule has 0 atom stereocenters. The summed E-state index contributed by atoms with van der Waals surface area (Å²) in [5.74, 6) is 0. The zero-order chi connectivity index (χ0) is 9.42. The van der Waals surface area contributed by atoms with Gasteiger partial charge in [-0.1, -0.05) is 0 Å². The van der Waals surface area contributed by atoms with Crippen molar-refractivity contribution in [2.45, 2.75) is 18.9 Å². The van der Waals surface area contributed by atoms with E-state index in [1.165, 1.54) is 11.1 Å². The van der Waals surface area contributed by atoms with E-state index in [1.807, 2.05) is 15.6 Å². The third kappa shape index (κ3) is 1.83. The maximum atomic E-state index is 4.53. The van der Waals surface area contributed by atoms with Gasteiger partial charge in [-0.15, -0.1) is 0 Å². The Labute approximate surface area is 96.1 Å². The first kappa shape index (κ1) is 9.33. The molecule has 0 saturated carbocycles. The normalized spacial score (nSPS) is 14.5. The number of nitrogens with zero attached hydrogens (tertiary/aromatic N) is 2. The highest BCUT2D eigenvalue weighted by atomic mass is 127. The molecule has 0 aromatic carbocycles. The maximum Gasteiger partial charge on any atom is 0.125 e. The Balaban J connectivity index is 2.52. The van der Waals surface area contributed by atoms with Crippen molar-refractivity contribution in [1.29, 1.82) is 0 Å². The van der Waals surface area contributed by atoms with Crippen molar-refractivity contribution in [2.75, 3.05) is 0 Å². The number of fused-ring (bicyclic) bond motifs is 1. The second-order valence-corrected chi connectivity index (χ2v) is 5.62. The van der Waals surface area contributed by atoms with E-state index in [2.05, 4.69) is 46.9 Å². The summed E-state index contributed by atoms with van der Waals surface area (Å²) < 4.78 is 2.03. The van der Waals surface area contributed by atoms with Gasteiger partial charge in [-0.25, -0.2) is 4.98 Å². The Morgan fingerprint density at radius 3 is 3.00 bits per heavy atom. The predicted molar refractivity (Wildman–Crippen MR) is 64.5 cm³/mol. The van der Waals surface area contributed by atoms with Gasteiger partial charge in [-0.3, -0.25) is 2.52 Å². The first-order chi connectivity index (χ1) is 6.16. The molecule has 13 heavy (non-hydrogen) atoms. The van der Waals surface area contributed by atoms with Crippen molar-refractivity contribution in [3.63, 3.8) is 0 Å². The van der Waals surface area contributed by atoms with Crippen LogP contribution in [-0.2, 0) is 0 Å². The molecule has 0 spiro atoms. The Kier molecular flexibility index (Phi) is 2.51. The van der Waals surface area contributed by atoms with Crippen molar-refractivity contribution >= 4 is 40.9 Å². The van der Waals surface area contributed by atoms with Crippen LogP contribution < -0.4 is 0 Å². The Morgan fingerprint density at radius 2 is 2.23 bits per heavy atom. The molecule has 0 bridgehead atoms. The molecule has 1 aliphatic heterocycles. The van der Waals surface area contributed by atoms with E-state index in [-0.39, 0.29) is 0 Å². The van der Waals surface area contributed by atoms with Gasteiger partial charge < -0.3 is 0 Å². The van der Waals surface area contributed by atoms with Crippen LogP contribution in [0, 0.1) is 13.8 Å². The lowest BCUT2D eigenvalue weighted by molar-refractivity contribution is 0.988. The van der Waals surface area contributed by atoms with Crippen LogP contribution in [0.2, 0.25) is 0 Å². The third-order valence-electron chi connectivity index (χ3n) is 2.00. The standard InChI is InChI=1S/C9H9IN2S/c1-6-5-8-3-4-12(10)13-9(8)11-7(6)2/h3-5H,1-2H3. The first-order valence-electron chi connectivity index (χ1n) is 3.96. The van der Waals surface area contributed by atoms with Crippen molar-refractivity contribution in [2.24, 2.45) is 0 Å². The van der Waals surface area contributed by atoms with E-state index in [0.717, 1.165) is 10.7 Å². The summed E-state index contributed by atoms with van der Waals surface area (Å²) in [7, 11) is 0. The minimum Gasteiger partial charge on any atom is -0.258 e. The zero-order valence-corrected chi connectivity index (χ0v) is 10.4. The van der Waals surface area contributed by atoms with E-state index < -0.39 is 0 Å². The molecule has 0 radical (unpaired) electrons. The molecule has 0 N–H and O–H groups in total. The van der Waals surface area contributed by atoms with Crippen LogP contribution in [0.25, 0.3) is 6.08 Å². The van der Waals surface area contributed by atoms with Crippen LogP contribution in [0.1, 0.15) is 16.8 Å². The topological polar surface area (TPSA) is 16.1 Å². The summed E-state index contributed by atoms with van der Waals surface area (Å²) in [4.78, 5) is 4.53. The lowest BCUT2D eigenvalue weighted by Gasteiger charge is -2.17. The number of pyridine rings is 1. The number of halogens is 1. The van der Waals surface area contributed by atoms with E-state index >= 15 is 0 Å². The minimum atomic E-state index is 1.10. The Bertz CT molecular complexity index is 376. The van der Waals surface area contributed by atoms with Crippen LogP contribution in [0.5, 0.6) is 0 Å². The molecule has 2 heterocycles. The molecule has 4 heteroatoms. The SMILES string of the molecule is Cc1cc2c(nc1C)SN(I)C=C2. The average Bonchev–Trinajstić information content (AvgIpc) is 2.08. The molecule has 68 valence electrons. The number of rotatable bonds is 0. The summed E-state index contributed by atoms with van der Waals surface area (Å²) in [5, 5.41) is 1.10. The van der Waals surface area contributed by atoms with Gasteiger partial charge in [0.05, 0.1) is 22.9 Å². The first-order valence-corrected chi connectivity index (χ1v) is 5.70. The summed E-state index contributed by atoms with van der Waals surface area (Å²) in [6, 6.07) is 2.19. The van der Waals surface area contributed by atoms with Crippen LogP contribution in [0.15, 0.2) is 17.3 Å². The molecule has 0 amide bonds. The van der Waals surface area contributed by atoms with Gasteiger partial charge >= 0.3 is 0 Å². The Hall–Kier alpha value is -0.230. The van der Waals surface area contributed by atoms with Crippen molar-refractivity contribution in [3.05, 3.63) is 29.1 Å². The second kappa shape index (κ2) is 3.49. The van der Waals surface area contributed by atoms with E-state index in [1.54, 1.807) is 11.9 Å². The molecule has 2 nitrogen and oxygen atoms in total. The lowest BCUT2D eigenvalue weighted by atomic mass is 10.1. The van der Waals surface area contributed by atoms with Gasteiger partial charge in [-0.2, -0.15) is 0 Å². The highest BCUT2D eigenvalue weighted by molar-refractivity contribution is 14.1. The number of aromatic nitrogens is 1. The van der Waals surface area contributed by atoms with Crippen molar-refractivity contribution in [3.8, 4) is 0 Å². The summed E-state index contributed by atoms with van der Waals surface area (Å²) in [6.45, 7) is 4.14. The molecule has 1 aliphatic rings. The van der Waals surface area contributed by atoms with Crippen LogP contribution in [0.3, 0.4) is 0 Å². The second-order valence-electron chi connectivity index (χ2n) is 2.96. The van der Waals surface area contributed by atoms with Gasteiger partial charge in [0.2, 0.25) is 0 Å². The molecule has 0 saturated heterocycles. The maximum absolute atomic E-state index is 4.53. The van der Waals surface area contributed by atoms with E-state index in [9.17, 15) is 0 Å². The van der Waals surface area contributed by atoms with Gasteiger partial charge in [-0.05, 0) is 31.6 Å². The van der Waals surface area contributed by atoms with Crippen LogP contribution in [0.4, 0.5) is 0 Å². The fourth-order valence-electron chi connectivity index (χ4n) is 1.15. The van der Waals surface area contributed by atoms with Crippen molar-refractivity contribution in [1.82, 2.24) is 7.50 Å². The molecule has 0 aliphatic carbocycles. The van der Waals surface area contributed by atoms with E-state index in [0.29, 0.717) is 0 Å². The zero-order valence-electron chi connectivity index (χ0n) is 7.41. The minimum absolute atomic E-state index is 1.10. The highest BCUT2D eigenvalue weighted by Crippen LogP contribution is 2.33. The Morgan fingerprint density at radius 1 is 1.46 bits per heavy atom. The number of hydrogen-bond acceptors (Lipinski definition) is 3. The lowest BCUT2D eigenvalue weighted by Crippen LogP contribution is -2.01. The van der Waals surface area contributed by atoms with Crippen LogP contribution >= 0.6 is 34.8 Å². The average molecular weight is 304 g/mol. The van der Waals surface area contributed by atoms with Gasteiger partial charge in [0.15, 0.2) is 0 Å². The quantitative estimate of drug-likeness (QED) is 0.415. The smallest absolute Gasteiger partial charge is 0.125 e.